The standard InChI is InChI=1S/C16H14O3/c1-11-9-12(5-7-14(11)17)3-4-13-6-8-15(18)16(10-13)19-2/h3-10H,1-2H3/b12-3+,13-4+. The van der Waals surface area contributed by atoms with Gasteiger partial charge in [-0.2, -0.15) is 0 Å². The van der Waals surface area contributed by atoms with Gasteiger partial charge in [0.2, 0.25) is 5.78 Å². The number of ether oxygens (including phenoxy) is 1. The van der Waals surface area contributed by atoms with Crippen molar-refractivity contribution >= 4 is 11.6 Å². The third-order valence-corrected chi connectivity index (χ3v) is 2.85. The monoisotopic (exact) mass is 254 g/mol. The minimum absolute atomic E-state index is 0.0366. The maximum atomic E-state index is 11.4. The maximum Gasteiger partial charge on any atom is 0.220 e. The van der Waals surface area contributed by atoms with Crippen LogP contribution in [0.3, 0.4) is 0 Å². The van der Waals surface area contributed by atoms with Crippen molar-refractivity contribution in [3.8, 4) is 0 Å². The first-order valence-electron chi connectivity index (χ1n) is 5.91. The zero-order valence-corrected chi connectivity index (χ0v) is 10.8. The molecule has 0 aromatic carbocycles. The molecule has 0 bridgehead atoms. The first-order chi connectivity index (χ1) is 9.10. The summed E-state index contributed by atoms with van der Waals surface area (Å²) in [4.78, 5) is 22.7. The van der Waals surface area contributed by atoms with Gasteiger partial charge in [-0.15, -0.1) is 0 Å². The van der Waals surface area contributed by atoms with E-state index in [0.717, 1.165) is 16.7 Å². The molecule has 0 fully saturated rings. The van der Waals surface area contributed by atoms with Gasteiger partial charge in [0.1, 0.15) is 0 Å². The van der Waals surface area contributed by atoms with E-state index in [1.54, 1.807) is 31.2 Å². The van der Waals surface area contributed by atoms with E-state index in [-0.39, 0.29) is 11.6 Å². The highest BCUT2D eigenvalue weighted by molar-refractivity contribution is 6.05. The van der Waals surface area contributed by atoms with E-state index in [1.807, 2.05) is 18.2 Å². The summed E-state index contributed by atoms with van der Waals surface area (Å²) in [5.74, 6) is 0.231. The van der Waals surface area contributed by atoms with Crippen molar-refractivity contribution in [1.29, 1.82) is 0 Å². The molecule has 96 valence electrons. The average molecular weight is 254 g/mol. The van der Waals surface area contributed by atoms with Gasteiger partial charge < -0.3 is 4.74 Å². The molecule has 0 heterocycles. The highest BCUT2D eigenvalue weighted by Gasteiger charge is 2.10. The molecule has 3 nitrogen and oxygen atoms in total. The predicted molar refractivity (Wildman–Crippen MR) is 73.3 cm³/mol. The Bertz CT molecular complexity index is 608. The molecule has 0 aromatic heterocycles. The van der Waals surface area contributed by atoms with Gasteiger partial charge >= 0.3 is 0 Å². The normalized spacial score (nSPS) is 22.8. The summed E-state index contributed by atoms with van der Waals surface area (Å²) in [6, 6.07) is 0. The second-order valence-corrected chi connectivity index (χ2v) is 4.27. The summed E-state index contributed by atoms with van der Waals surface area (Å²) in [7, 11) is 1.47. The van der Waals surface area contributed by atoms with Crippen LogP contribution in [-0.4, -0.2) is 18.7 Å². The number of hydrogen-bond donors (Lipinski definition) is 0. The number of methoxy groups -OCH3 is 1. The van der Waals surface area contributed by atoms with Gasteiger partial charge in [0, 0.05) is 0 Å². The van der Waals surface area contributed by atoms with Crippen molar-refractivity contribution in [1.82, 2.24) is 0 Å². The number of rotatable bonds is 2. The first-order valence-corrected chi connectivity index (χ1v) is 5.91. The predicted octanol–water partition coefficient (Wildman–Crippen LogP) is 2.59. The Kier molecular flexibility index (Phi) is 3.76. The summed E-state index contributed by atoms with van der Waals surface area (Å²) < 4.78 is 4.98. The van der Waals surface area contributed by atoms with Crippen LogP contribution in [0.5, 0.6) is 0 Å². The molecule has 2 rings (SSSR count). The van der Waals surface area contributed by atoms with Crippen molar-refractivity contribution in [2.75, 3.05) is 7.11 Å². The molecule has 3 heteroatoms. The van der Waals surface area contributed by atoms with Crippen molar-refractivity contribution in [3.05, 3.63) is 71.1 Å². The van der Waals surface area contributed by atoms with Crippen LogP contribution in [0.1, 0.15) is 6.92 Å². The molecule has 0 saturated heterocycles. The summed E-state index contributed by atoms with van der Waals surface area (Å²) in [5.41, 5.74) is 2.54. The van der Waals surface area contributed by atoms with Crippen molar-refractivity contribution in [3.63, 3.8) is 0 Å². The molecular formula is C16H14O3. The quantitative estimate of drug-likeness (QED) is 0.760. The molecule has 0 aliphatic heterocycles. The van der Waals surface area contributed by atoms with Gasteiger partial charge in [-0.1, -0.05) is 24.3 Å². The Morgan fingerprint density at radius 3 is 2.05 bits per heavy atom. The Balaban J connectivity index is 2.22. The lowest BCUT2D eigenvalue weighted by Gasteiger charge is -2.07. The maximum absolute atomic E-state index is 11.4. The van der Waals surface area contributed by atoms with Crippen LogP contribution in [0.25, 0.3) is 0 Å². The molecule has 0 amide bonds. The van der Waals surface area contributed by atoms with Crippen LogP contribution in [0.15, 0.2) is 71.1 Å². The smallest absolute Gasteiger partial charge is 0.220 e. The van der Waals surface area contributed by atoms with E-state index in [4.69, 9.17) is 4.74 Å². The minimum atomic E-state index is -0.133. The molecule has 0 saturated carbocycles. The van der Waals surface area contributed by atoms with Crippen LogP contribution in [0.4, 0.5) is 0 Å². The highest BCUT2D eigenvalue weighted by Crippen LogP contribution is 2.16. The Morgan fingerprint density at radius 1 is 0.895 bits per heavy atom. The van der Waals surface area contributed by atoms with Crippen LogP contribution in [-0.2, 0) is 14.3 Å². The van der Waals surface area contributed by atoms with E-state index in [2.05, 4.69) is 0 Å². The molecule has 0 N–H and O–H groups in total. The van der Waals surface area contributed by atoms with E-state index in [9.17, 15) is 9.59 Å². The fourth-order valence-electron chi connectivity index (χ4n) is 1.76. The molecular weight excluding hydrogens is 240 g/mol. The molecule has 0 aromatic rings. The van der Waals surface area contributed by atoms with Gasteiger partial charge in [0.25, 0.3) is 0 Å². The lowest BCUT2D eigenvalue weighted by Crippen LogP contribution is -2.04. The number of carbonyl (C=O) groups is 2. The van der Waals surface area contributed by atoms with E-state index >= 15 is 0 Å². The molecule has 0 spiro atoms. The fourth-order valence-corrected chi connectivity index (χ4v) is 1.76. The number of hydrogen-bond acceptors (Lipinski definition) is 3. The zero-order chi connectivity index (χ0) is 13.8. The van der Waals surface area contributed by atoms with E-state index in [1.165, 1.54) is 13.2 Å². The van der Waals surface area contributed by atoms with Crippen molar-refractivity contribution < 1.29 is 14.3 Å². The Morgan fingerprint density at radius 2 is 1.47 bits per heavy atom. The van der Waals surface area contributed by atoms with Crippen LogP contribution in [0, 0.1) is 0 Å². The summed E-state index contributed by atoms with van der Waals surface area (Å²) in [5, 5.41) is 0. The van der Waals surface area contributed by atoms with E-state index < -0.39 is 0 Å². The lowest BCUT2D eigenvalue weighted by molar-refractivity contribution is -0.114. The molecule has 0 atom stereocenters. The average Bonchev–Trinajstić information content (AvgIpc) is 2.41. The first kappa shape index (κ1) is 13.0. The molecule has 2 aliphatic carbocycles. The highest BCUT2D eigenvalue weighted by atomic mass is 16.5. The topological polar surface area (TPSA) is 43.4 Å². The second-order valence-electron chi connectivity index (χ2n) is 4.27. The Hall–Kier alpha value is -2.42. The molecule has 19 heavy (non-hydrogen) atoms. The van der Waals surface area contributed by atoms with Crippen LogP contribution < -0.4 is 0 Å². The van der Waals surface area contributed by atoms with E-state index in [0.29, 0.717) is 5.76 Å². The SMILES string of the molecule is COC1=C/C(=C/C=C2\C=CC(=O)C(C)=C2)C=CC1=O. The van der Waals surface area contributed by atoms with Crippen molar-refractivity contribution in [2.45, 2.75) is 6.92 Å². The molecule has 0 radical (unpaired) electrons. The second kappa shape index (κ2) is 5.48. The lowest BCUT2D eigenvalue weighted by atomic mass is 10.0. The Labute approximate surface area is 112 Å². The van der Waals surface area contributed by atoms with Gasteiger partial charge in [-0.3, -0.25) is 9.59 Å². The van der Waals surface area contributed by atoms with Crippen LogP contribution in [0.2, 0.25) is 0 Å². The summed E-state index contributed by atoms with van der Waals surface area (Å²) in [6.45, 7) is 1.79. The molecule has 2 aliphatic rings. The number of ketones is 2. The van der Waals surface area contributed by atoms with Crippen molar-refractivity contribution in [2.24, 2.45) is 0 Å². The molecule has 0 unspecified atom stereocenters. The van der Waals surface area contributed by atoms with Gasteiger partial charge in [-0.25, -0.2) is 0 Å². The summed E-state index contributed by atoms with van der Waals surface area (Å²) >= 11 is 0. The largest absolute Gasteiger partial charge is 0.493 e. The fraction of sp³-hybridized carbons (Fsp3) is 0.125. The third kappa shape index (κ3) is 3.07. The zero-order valence-electron chi connectivity index (χ0n) is 10.8. The minimum Gasteiger partial charge on any atom is -0.493 e. The van der Waals surface area contributed by atoms with Gasteiger partial charge in [0.15, 0.2) is 11.5 Å². The van der Waals surface area contributed by atoms with Crippen LogP contribution >= 0.6 is 0 Å². The number of allylic oxidation sites excluding steroid dienone is 11. The van der Waals surface area contributed by atoms with Gasteiger partial charge in [-0.05, 0) is 47.9 Å². The van der Waals surface area contributed by atoms with Gasteiger partial charge in [0.05, 0.1) is 7.11 Å². The third-order valence-electron chi connectivity index (χ3n) is 2.85. The summed E-state index contributed by atoms with van der Waals surface area (Å²) in [6.07, 6.45) is 13.8. The number of carbonyl (C=O) groups excluding carboxylic acids is 2.